The van der Waals surface area contributed by atoms with Crippen molar-refractivity contribution in [3.63, 3.8) is 0 Å². The Morgan fingerprint density at radius 2 is 1.94 bits per heavy atom. The average Bonchev–Trinajstić information content (AvgIpc) is 3.07. The minimum Gasteiger partial charge on any atom is -0.465 e. The highest BCUT2D eigenvalue weighted by atomic mass is 16.5. The van der Waals surface area contributed by atoms with Gasteiger partial charge in [-0.3, -0.25) is 9.59 Å². The van der Waals surface area contributed by atoms with E-state index in [1.165, 1.54) is 0 Å². The van der Waals surface area contributed by atoms with E-state index in [0.717, 1.165) is 12.8 Å². The quantitative estimate of drug-likeness (QED) is 0.742. The molecule has 0 aromatic heterocycles. The average molecular weight is 256 g/mol. The van der Waals surface area contributed by atoms with Crippen molar-refractivity contribution in [2.24, 2.45) is 11.1 Å². The Labute approximate surface area is 109 Å². The monoisotopic (exact) mass is 256 g/mol. The van der Waals surface area contributed by atoms with Crippen molar-refractivity contribution >= 4 is 11.9 Å². The largest absolute Gasteiger partial charge is 0.465 e. The summed E-state index contributed by atoms with van der Waals surface area (Å²) in [6.07, 6.45) is 1.89. The van der Waals surface area contributed by atoms with Gasteiger partial charge in [-0.15, -0.1) is 0 Å². The molecule has 18 heavy (non-hydrogen) atoms. The van der Waals surface area contributed by atoms with Gasteiger partial charge in [0.1, 0.15) is 6.54 Å². The van der Waals surface area contributed by atoms with Gasteiger partial charge in [0.25, 0.3) is 0 Å². The smallest absolute Gasteiger partial charge is 0.325 e. The number of nitrogens with zero attached hydrogens (tertiary/aromatic N) is 1. The van der Waals surface area contributed by atoms with Crippen LogP contribution >= 0.6 is 0 Å². The summed E-state index contributed by atoms with van der Waals surface area (Å²) in [4.78, 5) is 25.4. The zero-order valence-corrected chi connectivity index (χ0v) is 11.7. The van der Waals surface area contributed by atoms with E-state index in [1.54, 1.807) is 11.8 Å². The Bertz CT molecular complexity index is 319. The number of hydrogen-bond acceptors (Lipinski definition) is 4. The van der Waals surface area contributed by atoms with Gasteiger partial charge in [0, 0.05) is 6.04 Å². The summed E-state index contributed by atoms with van der Waals surface area (Å²) in [7, 11) is 0. The third-order valence-corrected chi connectivity index (χ3v) is 3.07. The van der Waals surface area contributed by atoms with Gasteiger partial charge in [0.15, 0.2) is 0 Å². The van der Waals surface area contributed by atoms with E-state index in [-0.39, 0.29) is 29.9 Å². The van der Waals surface area contributed by atoms with E-state index in [9.17, 15) is 9.59 Å². The van der Waals surface area contributed by atoms with Crippen LogP contribution in [-0.2, 0) is 14.3 Å². The van der Waals surface area contributed by atoms with Crippen LogP contribution in [0, 0.1) is 5.41 Å². The summed E-state index contributed by atoms with van der Waals surface area (Å²) in [5, 5.41) is 0. The predicted molar refractivity (Wildman–Crippen MR) is 68.8 cm³/mol. The molecule has 0 aliphatic heterocycles. The molecule has 1 atom stereocenters. The van der Waals surface area contributed by atoms with E-state index >= 15 is 0 Å². The lowest BCUT2D eigenvalue weighted by molar-refractivity contribution is -0.150. The molecule has 104 valence electrons. The summed E-state index contributed by atoms with van der Waals surface area (Å²) in [6.45, 7) is 7.86. The number of rotatable bonds is 5. The van der Waals surface area contributed by atoms with Gasteiger partial charge in [-0.05, 0) is 25.2 Å². The van der Waals surface area contributed by atoms with Crippen LogP contribution in [0.5, 0.6) is 0 Å². The van der Waals surface area contributed by atoms with E-state index < -0.39 is 6.04 Å². The molecule has 1 rings (SSSR count). The number of carbonyl (C=O) groups excluding carboxylic acids is 2. The first-order chi connectivity index (χ1) is 8.27. The van der Waals surface area contributed by atoms with Crippen molar-refractivity contribution in [2.45, 2.75) is 52.6 Å². The number of amides is 1. The topological polar surface area (TPSA) is 72.6 Å². The van der Waals surface area contributed by atoms with Crippen LogP contribution in [0.2, 0.25) is 0 Å². The van der Waals surface area contributed by atoms with E-state index in [4.69, 9.17) is 10.5 Å². The highest BCUT2D eigenvalue weighted by molar-refractivity contribution is 5.86. The molecule has 0 spiro atoms. The zero-order valence-electron chi connectivity index (χ0n) is 11.7. The molecule has 1 saturated carbocycles. The minimum atomic E-state index is -0.590. The van der Waals surface area contributed by atoms with Gasteiger partial charge >= 0.3 is 5.97 Å². The standard InChI is InChI=1S/C13H24N2O3/c1-5-18-10(16)8-15(9-6-7-9)12(17)11(14)13(2,3)4/h9,11H,5-8,14H2,1-4H3/t11-/m1/s1. The minimum absolute atomic E-state index is 0.0150. The third-order valence-electron chi connectivity index (χ3n) is 3.07. The normalized spacial score (nSPS) is 17.2. The molecule has 2 N–H and O–H groups in total. The van der Waals surface area contributed by atoms with Crippen molar-refractivity contribution in [3.8, 4) is 0 Å². The highest BCUT2D eigenvalue weighted by Gasteiger charge is 2.39. The maximum atomic E-state index is 12.3. The highest BCUT2D eigenvalue weighted by Crippen LogP contribution is 2.29. The van der Waals surface area contributed by atoms with Crippen LogP contribution in [0.4, 0.5) is 0 Å². The van der Waals surface area contributed by atoms with Crippen LogP contribution in [0.25, 0.3) is 0 Å². The fourth-order valence-electron chi connectivity index (χ4n) is 1.67. The van der Waals surface area contributed by atoms with Gasteiger partial charge < -0.3 is 15.4 Å². The Morgan fingerprint density at radius 3 is 2.33 bits per heavy atom. The second kappa shape index (κ2) is 5.69. The van der Waals surface area contributed by atoms with Crippen LogP contribution in [0.3, 0.4) is 0 Å². The van der Waals surface area contributed by atoms with Gasteiger partial charge in [-0.2, -0.15) is 0 Å². The Morgan fingerprint density at radius 1 is 1.39 bits per heavy atom. The molecular weight excluding hydrogens is 232 g/mol. The van der Waals surface area contributed by atoms with Gasteiger partial charge in [0.05, 0.1) is 12.6 Å². The van der Waals surface area contributed by atoms with Gasteiger partial charge in [-0.1, -0.05) is 20.8 Å². The molecule has 0 aromatic carbocycles. The maximum Gasteiger partial charge on any atom is 0.325 e. The predicted octanol–water partition coefficient (Wildman–Crippen LogP) is 0.914. The molecular formula is C13H24N2O3. The Kier molecular flexibility index (Phi) is 4.73. The van der Waals surface area contributed by atoms with Crippen molar-refractivity contribution < 1.29 is 14.3 Å². The number of hydrogen-bond donors (Lipinski definition) is 1. The van der Waals surface area contributed by atoms with Crippen molar-refractivity contribution in [1.29, 1.82) is 0 Å². The van der Waals surface area contributed by atoms with Crippen LogP contribution in [-0.4, -0.2) is 42.0 Å². The first-order valence-corrected chi connectivity index (χ1v) is 6.49. The summed E-state index contributed by atoms with van der Waals surface area (Å²) < 4.78 is 4.89. The SMILES string of the molecule is CCOC(=O)CN(C(=O)[C@@H](N)C(C)(C)C)C1CC1. The molecule has 0 heterocycles. The van der Waals surface area contributed by atoms with Crippen molar-refractivity contribution in [3.05, 3.63) is 0 Å². The van der Waals surface area contributed by atoms with Crippen LogP contribution < -0.4 is 5.73 Å². The Hall–Kier alpha value is -1.10. The summed E-state index contributed by atoms with van der Waals surface area (Å²) in [5.74, 6) is -0.517. The maximum absolute atomic E-state index is 12.3. The number of nitrogens with two attached hydrogens (primary N) is 1. The second-order valence-corrected chi connectivity index (χ2v) is 5.85. The molecule has 0 aromatic rings. The molecule has 0 unspecified atom stereocenters. The van der Waals surface area contributed by atoms with E-state index in [2.05, 4.69) is 0 Å². The fraction of sp³-hybridized carbons (Fsp3) is 0.846. The molecule has 0 saturated heterocycles. The van der Waals surface area contributed by atoms with Crippen molar-refractivity contribution in [2.75, 3.05) is 13.2 Å². The van der Waals surface area contributed by atoms with Gasteiger partial charge in [-0.25, -0.2) is 0 Å². The van der Waals surface area contributed by atoms with Crippen molar-refractivity contribution in [1.82, 2.24) is 4.90 Å². The lowest BCUT2D eigenvalue weighted by Crippen LogP contribution is -2.52. The molecule has 0 bridgehead atoms. The second-order valence-electron chi connectivity index (χ2n) is 5.85. The number of ether oxygens (including phenoxy) is 1. The third kappa shape index (κ3) is 3.98. The summed E-state index contributed by atoms with van der Waals surface area (Å²) in [5.41, 5.74) is 5.66. The number of carbonyl (C=O) groups is 2. The molecule has 1 fully saturated rings. The molecule has 5 heteroatoms. The molecule has 0 radical (unpaired) electrons. The number of esters is 1. The molecule has 5 nitrogen and oxygen atoms in total. The van der Waals surface area contributed by atoms with Gasteiger partial charge in [0.2, 0.25) is 5.91 Å². The fourth-order valence-corrected chi connectivity index (χ4v) is 1.67. The Balaban J connectivity index is 2.67. The molecule has 1 aliphatic carbocycles. The summed E-state index contributed by atoms with van der Waals surface area (Å²) in [6, 6.07) is -0.428. The van der Waals surface area contributed by atoms with Crippen LogP contribution in [0.1, 0.15) is 40.5 Å². The molecule has 1 aliphatic rings. The van der Waals surface area contributed by atoms with Crippen LogP contribution in [0.15, 0.2) is 0 Å². The van der Waals surface area contributed by atoms with E-state index in [1.807, 2.05) is 20.8 Å². The first kappa shape index (κ1) is 15.0. The molecule has 1 amide bonds. The lowest BCUT2D eigenvalue weighted by atomic mass is 9.86. The van der Waals surface area contributed by atoms with E-state index in [0.29, 0.717) is 6.61 Å². The zero-order chi connectivity index (χ0) is 13.9. The first-order valence-electron chi connectivity index (χ1n) is 6.49. The summed E-state index contributed by atoms with van der Waals surface area (Å²) >= 11 is 0. The lowest BCUT2D eigenvalue weighted by Gasteiger charge is -2.31.